The van der Waals surface area contributed by atoms with E-state index in [1.165, 1.54) is 5.56 Å². The Balaban J connectivity index is 1.85. The molecular formula is C17H22N4O. The van der Waals surface area contributed by atoms with E-state index in [1.54, 1.807) is 0 Å². The van der Waals surface area contributed by atoms with Gasteiger partial charge in [-0.1, -0.05) is 25.1 Å². The van der Waals surface area contributed by atoms with Crippen molar-refractivity contribution in [1.82, 2.24) is 9.97 Å². The van der Waals surface area contributed by atoms with Gasteiger partial charge in [-0.2, -0.15) is 0 Å². The highest BCUT2D eigenvalue weighted by atomic mass is 16.5. The number of hydrogen-bond acceptors (Lipinski definition) is 5. The summed E-state index contributed by atoms with van der Waals surface area (Å²) < 4.78 is 5.41. The molecule has 1 aliphatic rings. The van der Waals surface area contributed by atoms with E-state index < -0.39 is 0 Å². The minimum absolute atomic E-state index is 0.754. The summed E-state index contributed by atoms with van der Waals surface area (Å²) in [7, 11) is 0. The lowest BCUT2D eigenvalue weighted by Gasteiger charge is -2.28. The van der Waals surface area contributed by atoms with Crippen LogP contribution in [0.5, 0.6) is 0 Å². The predicted octanol–water partition coefficient (Wildman–Crippen LogP) is 2.93. The second-order valence-electron chi connectivity index (χ2n) is 5.39. The minimum Gasteiger partial charge on any atom is -0.378 e. The summed E-state index contributed by atoms with van der Waals surface area (Å²) in [4.78, 5) is 11.3. The smallest absolute Gasteiger partial charge is 0.136 e. The first-order chi connectivity index (χ1) is 10.8. The van der Waals surface area contributed by atoms with E-state index >= 15 is 0 Å². The van der Waals surface area contributed by atoms with Crippen LogP contribution >= 0.6 is 0 Å². The second kappa shape index (κ2) is 6.75. The van der Waals surface area contributed by atoms with Crippen molar-refractivity contribution in [1.29, 1.82) is 0 Å². The lowest BCUT2D eigenvalue weighted by molar-refractivity contribution is 0.122. The van der Waals surface area contributed by atoms with Crippen molar-refractivity contribution < 1.29 is 4.74 Å². The first-order valence-electron chi connectivity index (χ1n) is 7.79. The normalized spacial score (nSPS) is 14.9. The van der Waals surface area contributed by atoms with Crippen molar-refractivity contribution in [2.45, 2.75) is 20.3 Å². The maximum absolute atomic E-state index is 5.41. The molecular weight excluding hydrogens is 276 g/mol. The molecule has 0 spiro atoms. The molecule has 0 saturated carbocycles. The van der Waals surface area contributed by atoms with Gasteiger partial charge in [-0.25, -0.2) is 9.97 Å². The van der Waals surface area contributed by atoms with Crippen molar-refractivity contribution >= 4 is 17.3 Å². The van der Waals surface area contributed by atoms with Crippen molar-refractivity contribution in [3.05, 3.63) is 41.7 Å². The van der Waals surface area contributed by atoms with E-state index in [9.17, 15) is 0 Å². The molecule has 1 fully saturated rings. The summed E-state index contributed by atoms with van der Waals surface area (Å²) >= 11 is 0. The van der Waals surface area contributed by atoms with Gasteiger partial charge >= 0.3 is 0 Å². The highest BCUT2D eigenvalue weighted by Gasteiger charge is 2.14. The van der Waals surface area contributed by atoms with Crippen LogP contribution in [0.1, 0.15) is 18.3 Å². The summed E-state index contributed by atoms with van der Waals surface area (Å²) in [6.45, 7) is 7.35. The maximum Gasteiger partial charge on any atom is 0.136 e. The van der Waals surface area contributed by atoms with E-state index in [1.807, 2.05) is 19.1 Å². The Labute approximate surface area is 131 Å². The summed E-state index contributed by atoms with van der Waals surface area (Å²) in [5, 5.41) is 3.43. The third kappa shape index (κ3) is 3.36. The van der Waals surface area contributed by atoms with Crippen molar-refractivity contribution in [2.24, 2.45) is 0 Å². The highest BCUT2D eigenvalue weighted by Crippen LogP contribution is 2.23. The van der Waals surface area contributed by atoms with Gasteiger partial charge in [0.15, 0.2) is 0 Å². The average molecular weight is 298 g/mol. The number of benzene rings is 1. The fourth-order valence-electron chi connectivity index (χ4n) is 2.66. The van der Waals surface area contributed by atoms with E-state index in [0.717, 1.165) is 55.9 Å². The Bertz CT molecular complexity index is 638. The van der Waals surface area contributed by atoms with Gasteiger partial charge in [-0.15, -0.1) is 0 Å². The molecule has 0 radical (unpaired) electrons. The lowest BCUT2D eigenvalue weighted by Crippen LogP contribution is -2.36. The highest BCUT2D eigenvalue weighted by molar-refractivity contribution is 5.63. The molecule has 0 amide bonds. The zero-order valence-corrected chi connectivity index (χ0v) is 13.2. The Morgan fingerprint density at radius 2 is 1.95 bits per heavy atom. The van der Waals surface area contributed by atoms with E-state index in [-0.39, 0.29) is 0 Å². The number of rotatable bonds is 4. The zero-order valence-electron chi connectivity index (χ0n) is 13.2. The van der Waals surface area contributed by atoms with Crippen LogP contribution < -0.4 is 10.2 Å². The van der Waals surface area contributed by atoms with Crippen LogP contribution in [0.3, 0.4) is 0 Å². The molecule has 1 aromatic carbocycles. The quantitative estimate of drug-likeness (QED) is 0.940. The average Bonchev–Trinajstić information content (AvgIpc) is 2.56. The molecule has 0 bridgehead atoms. The van der Waals surface area contributed by atoms with Gasteiger partial charge in [0.05, 0.1) is 13.2 Å². The van der Waals surface area contributed by atoms with Crippen LogP contribution in [0, 0.1) is 6.92 Å². The van der Waals surface area contributed by atoms with E-state index in [4.69, 9.17) is 4.74 Å². The Hall–Kier alpha value is -2.14. The monoisotopic (exact) mass is 298 g/mol. The summed E-state index contributed by atoms with van der Waals surface area (Å²) in [5.74, 6) is 2.59. The first kappa shape index (κ1) is 14.8. The number of morpholine rings is 1. The molecule has 1 N–H and O–H groups in total. The zero-order chi connectivity index (χ0) is 15.4. The molecule has 1 saturated heterocycles. The SMILES string of the molecule is CCc1ccccc1Nc1cc(N2CCOCC2)nc(C)n1. The minimum atomic E-state index is 0.754. The number of nitrogens with one attached hydrogen (secondary N) is 1. The molecule has 5 heteroatoms. The van der Waals surface area contributed by atoms with Gasteiger partial charge in [-0.3, -0.25) is 0 Å². The fourth-order valence-corrected chi connectivity index (χ4v) is 2.66. The molecule has 1 aromatic heterocycles. The van der Waals surface area contributed by atoms with Crippen LogP contribution in [0.15, 0.2) is 30.3 Å². The fraction of sp³-hybridized carbons (Fsp3) is 0.412. The van der Waals surface area contributed by atoms with Crippen LogP contribution in [0.4, 0.5) is 17.3 Å². The second-order valence-corrected chi connectivity index (χ2v) is 5.39. The summed E-state index contributed by atoms with van der Waals surface area (Å²) in [5.41, 5.74) is 2.39. The predicted molar refractivity (Wildman–Crippen MR) is 88.9 cm³/mol. The van der Waals surface area contributed by atoms with Gasteiger partial charge in [0.25, 0.3) is 0 Å². The van der Waals surface area contributed by atoms with Gasteiger partial charge in [0, 0.05) is 24.8 Å². The summed E-state index contributed by atoms with van der Waals surface area (Å²) in [6.07, 6.45) is 0.990. The van der Waals surface area contributed by atoms with E-state index in [2.05, 4.69) is 45.3 Å². The molecule has 1 aliphatic heterocycles. The third-order valence-corrected chi connectivity index (χ3v) is 3.82. The van der Waals surface area contributed by atoms with Crippen molar-refractivity contribution in [2.75, 3.05) is 36.5 Å². The van der Waals surface area contributed by atoms with Crippen LogP contribution in [-0.4, -0.2) is 36.3 Å². The van der Waals surface area contributed by atoms with Gasteiger partial charge in [0.2, 0.25) is 0 Å². The molecule has 2 aromatic rings. The number of ether oxygens (including phenoxy) is 1. The number of hydrogen-bond donors (Lipinski definition) is 1. The molecule has 116 valence electrons. The third-order valence-electron chi connectivity index (χ3n) is 3.82. The Morgan fingerprint density at radius 1 is 1.18 bits per heavy atom. The molecule has 22 heavy (non-hydrogen) atoms. The Morgan fingerprint density at radius 3 is 2.73 bits per heavy atom. The molecule has 2 heterocycles. The number of anilines is 3. The molecule has 5 nitrogen and oxygen atoms in total. The van der Waals surface area contributed by atoms with E-state index in [0.29, 0.717) is 0 Å². The summed E-state index contributed by atoms with van der Waals surface area (Å²) in [6, 6.07) is 10.3. The first-order valence-corrected chi connectivity index (χ1v) is 7.79. The molecule has 3 rings (SSSR count). The number of aryl methyl sites for hydroxylation is 2. The standard InChI is InChI=1S/C17H22N4O/c1-3-14-6-4-5-7-15(14)20-16-12-17(19-13(2)18-16)21-8-10-22-11-9-21/h4-7,12H,3,8-11H2,1-2H3,(H,18,19,20). The van der Waals surface area contributed by atoms with Crippen molar-refractivity contribution in [3.63, 3.8) is 0 Å². The van der Waals surface area contributed by atoms with Crippen LogP contribution in [0.2, 0.25) is 0 Å². The number of para-hydroxylation sites is 1. The molecule has 0 atom stereocenters. The molecule has 0 aliphatic carbocycles. The van der Waals surface area contributed by atoms with Gasteiger partial charge < -0.3 is 15.0 Å². The van der Waals surface area contributed by atoms with Crippen LogP contribution in [0.25, 0.3) is 0 Å². The lowest BCUT2D eigenvalue weighted by atomic mass is 10.1. The number of nitrogens with zero attached hydrogens (tertiary/aromatic N) is 3. The Kier molecular flexibility index (Phi) is 4.53. The number of aromatic nitrogens is 2. The van der Waals surface area contributed by atoms with Crippen molar-refractivity contribution in [3.8, 4) is 0 Å². The topological polar surface area (TPSA) is 50.3 Å². The largest absolute Gasteiger partial charge is 0.378 e. The molecule has 0 unspecified atom stereocenters. The van der Waals surface area contributed by atoms with Crippen LogP contribution in [-0.2, 0) is 11.2 Å². The maximum atomic E-state index is 5.41. The van der Waals surface area contributed by atoms with Gasteiger partial charge in [-0.05, 0) is 25.0 Å². The van der Waals surface area contributed by atoms with Gasteiger partial charge in [0.1, 0.15) is 17.5 Å².